The average Bonchev–Trinajstić information content (AvgIpc) is 2.66. The zero-order valence-electron chi connectivity index (χ0n) is 15.7. The van der Waals surface area contributed by atoms with Crippen molar-refractivity contribution in [2.24, 2.45) is 0 Å². The highest BCUT2D eigenvalue weighted by Crippen LogP contribution is 2.30. The smallest absolute Gasteiger partial charge is 0.311 e. The van der Waals surface area contributed by atoms with Crippen LogP contribution in [0.15, 0.2) is 54.6 Å². The molecule has 0 fully saturated rings. The van der Waals surface area contributed by atoms with Crippen molar-refractivity contribution in [3.63, 3.8) is 0 Å². The van der Waals surface area contributed by atoms with Gasteiger partial charge in [-0.1, -0.05) is 81.8 Å². The van der Waals surface area contributed by atoms with Gasteiger partial charge in [-0.2, -0.15) is 0 Å². The summed E-state index contributed by atoms with van der Waals surface area (Å²) in [6.45, 7) is 2.23. The highest BCUT2D eigenvalue weighted by molar-refractivity contribution is 6.01. The van der Waals surface area contributed by atoms with Gasteiger partial charge in [-0.3, -0.25) is 4.79 Å². The van der Waals surface area contributed by atoms with E-state index in [1.54, 1.807) is 0 Å². The topological polar surface area (TPSA) is 26.3 Å². The van der Waals surface area contributed by atoms with E-state index in [9.17, 15) is 4.79 Å². The van der Waals surface area contributed by atoms with Gasteiger partial charge < -0.3 is 4.74 Å². The van der Waals surface area contributed by atoms with E-state index >= 15 is 0 Å². The Morgan fingerprint density at radius 2 is 1.42 bits per heavy atom. The van der Waals surface area contributed by atoms with Gasteiger partial charge in [-0.15, -0.1) is 0 Å². The number of rotatable bonds is 9. The number of unbranched alkanes of at least 4 members (excludes halogenated alkanes) is 6. The lowest BCUT2D eigenvalue weighted by molar-refractivity contribution is -0.134. The van der Waals surface area contributed by atoms with E-state index in [1.807, 2.05) is 24.3 Å². The molecule has 0 aliphatic carbocycles. The summed E-state index contributed by atoms with van der Waals surface area (Å²) in [5.41, 5.74) is 0. The van der Waals surface area contributed by atoms with E-state index in [1.165, 1.54) is 37.5 Å². The number of hydrogen-bond donors (Lipinski definition) is 0. The molecule has 0 radical (unpaired) electrons. The van der Waals surface area contributed by atoms with E-state index in [0.717, 1.165) is 29.0 Å². The van der Waals surface area contributed by atoms with Crippen molar-refractivity contribution < 1.29 is 9.53 Å². The lowest BCUT2D eigenvalue weighted by Crippen LogP contribution is -2.07. The highest BCUT2D eigenvalue weighted by Gasteiger charge is 2.09. The van der Waals surface area contributed by atoms with E-state index in [4.69, 9.17) is 4.74 Å². The molecule has 0 heterocycles. The Bertz CT molecular complexity index is 866. The average molecular weight is 348 g/mol. The first-order valence-electron chi connectivity index (χ1n) is 9.90. The van der Waals surface area contributed by atoms with E-state index in [2.05, 4.69) is 37.3 Å². The molecule has 2 nitrogen and oxygen atoms in total. The summed E-state index contributed by atoms with van der Waals surface area (Å²) in [5, 5.41) is 4.46. The predicted molar refractivity (Wildman–Crippen MR) is 110 cm³/mol. The molecular formula is C24H28O2. The fourth-order valence-corrected chi connectivity index (χ4v) is 3.43. The third kappa shape index (κ3) is 4.85. The van der Waals surface area contributed by atoms with Crippen molar-refractivity contribution in [3.8, 4) is 5.75 Å². The number of carbonyl (C=O) groups excluding carboxylic acids is 1. The van der Waals surface area contributed by atoms with Crippen LogP contribution in [-0.4, -0.2) is 5.97 Å². The first-order chi connectivity index (χ1) is 12.8. The van der Waals surface area contributed by atoms with Crippen LogP contribution >= 0.6 is 0 Å². The third-order valence-electron chi connectivity index (χ3n) is 4.91. The van der Waals surface area contributed by atoms with Crippen molar-refractivity contribution in [3.05, 3.63) is 54.6 Å². The molecule has 0 spiro atoms. The Hall–Kier alpha value is -2.35. The van der Waals surface area contributed by atoms with Crippen LogP contribution < -0.4 is 4.74 Å². The van der Waals surface area contributed by atoms with Crippen molar-refractivity contribution in [2.75, 3.05) is 0 Å². The maximum Gasteiger partial charge on any atom is 0.311 e. The van der Waals surface area contributed by atoms with Gasteiger partial charge in [0.2, 0.25) is 0 Å². The minimum atomic E-state index is -0.126. The van der Waals surface area contributed by atoms with Gasteiger partial charge in [0.1, 0.15) is 5.75 Å². The number of carbonyl (C=O) groups is 1. The lowest BCUT2D eigenvalue weighted by Gasteiger charge is -2.09. The van der Waals surface area contributed by atoms with Crippen molar-refractivity contribution in [1.29, 1.82) is 0 Å². The van der Waals surface area contributed by atoms with Crippen molar-refractivity contribution in [1.82, 2.24) is 0 Å². The Morgan fingerprint density at radius 1 is 0.769 bits per heavy atom. The Morgan fingerprint density at radius 3 is 2.19 bits per heavy atom. The summed E-state index contributed by atoms with van der Waals surface area (Å²) in [7, 11) is 0. The molecule has 0 amide bonds. The van der Waals surface area contributed by atoms with Gasteiger partial charge in [0, 0.05) is 11.8 Å². The first kappa shape index (κ1) is 18.4. The maximum atomic E-state index is 12.2. The zero-order chi connectivity index (χ0) is 18.2. The largest absolute Gasteiger partial charge is 0.426 e. The third-order valence-corrected chi connectivity index (χ3v) is 4.91. The highest BCUT2D eigenvalue weighted by atomic mass is 16.5. The van der Waals surface area contributed by atoms with E-state index < -0.39 is 0 Å². The van der Waals surface area contributed by atoms with Crippen LogP contribution in [0.2, 0.25) is 0 Å². The molecule has 0 atom stereocenters. The molecule has 0 aromatic heterocycles. The summed E-state index contributed by atoms with van der Waals surface area (Å²) >= 11 is 0. The molecule has 3 aromatic carbocycles. The second-order valence-corrected chi connectivity index (χ2v) is 7.02. The first-order valence-corrected chi connectivity index (χ1v) is 9.90. The lowest BCUT2D eigenvalue weighted by atomic mass is 10.0. The molecule has 0 aliphatic rings. The second-order valence-electron chi connectivity index (χ2n) is 7.02. The number of fused-ring (bicyclic) bond motifs is 2. The van der Waals surface area contributed by atoms with Crippen LogP contribution in [0.3, 0.4) is 0 Å². The van der Waals surface area contributed by atoms with E-state index in [0.29, 0.717) is 12.2 Å². The normalized spacial score (nSPS) is 11.1. The van der Waals surface area contributed by atoms with Gasteiger partial charge in [-0.25, -0.2) is 0 Å². The van der Waals surface area contributed by atoms with Gasteiger partial charge in [0.05, 0.1) is 0 Å². The monoisotopic (exact) mass is 348 g/mol. The maximum absolute atomic E-state index is 12.2. The van der Waals surface area contributed by atoms with Gasteiger partial charge in [0.25, 0.3) is 0 Å². The molecule has 2 heteroatoms. The summed E-state index contributed by atoms with van der Waals surface area (Å²) in [6, 6.07) is 18.4. The van der Waals surface area contributed by atoms with Crippen LogP contribution in [0.1, 0.15) is 58.3 Å². The Balaban J connectivity index is 1.59. The summed E-state index contributed by atoms with van der Waals surface area (Å²) in [6.07, 6.45) is 8.91. The standard InChI is InChI=1S/C24H28O2/c1-2-3-4-5-6-7-8-16-24(25)26-23-15-11-14-21-17-19-12-9-10-13-20(19)18-22(21)23/h9-15,17-18H,2-8,16H2,1H3. The predicted octanol–water partition coefficient (Wildman–Crippen LogP) is 7.04. The van der Waals surface area contributed by atoms with Crippen LogP contribution in [0, 0.1) is 0 Å². The molecule has 0 saturated heterocycles. The quantitative estimate of drug-likeness (QED) is 0.179. The Kier molecular flexibility index (Phi) is 6.65. The molecule has 0 saturated carbocycles. The van der Waals surface area contributed by atoms with Crippen molar-refractivity contribution >= 4 is 27.5 Å². The number of ether oxygens (including phenoxy) is 1. The molecule has 0 bridgehead atoms. The van der Waals surface area contributed by atoms with Crippen molar-refractivity contribution in [2.45, 2.75) is 58.3 Å². The SMILES string of the molecule is CCCCCCCCCC(=O)Oc1cccc2cc3ccccc3cc12. The number of esters is 1. The molecule has 136 valence electrons. The molecular weight excluding hydrogens is 320 g/mol. The second kappa shape index (κ2) is 9.38. The molecule has 0 aliphatic heterocycles. The molecule has 3 rings (SSSR count). The minimum absolute atomic E-state index is 0.126. The summed E-state index contributed by atoms with van der Waals surface area (Å²) in [4.78, 5) is 12.2. The van der Waals surface area contributed by atoms with Crippen LogP contribution in [0.5, 0.6) is 5.75 Å². The molecule has 3 aromatic rings. The molecule has 0 unspecified atom stereocenters. The van der Waals surface area contributed by atoms with E-state index in [-0.39, 0.29) is 5.97 Å². The molecule has 26 heavy (non-hydrogen) atoms. The van der Waals surface area contributed by atoms with Crippen LogP contribution in [-0.2, 0) is 4.79 Å². The van der Waals surface area contributed by atoms with Crippen LogP contribution in [0.25, 0.3) is 21.5 Å². The molecule has 0 N–H and O–H groups in total. The van der Waals surface area contributed by atoms with Gasteiger partial charge in [-0.05, 0) is 40.8 Å². The summed E-state index contributed by atoms with van der Waals surface area (Å²) < 4.78 is 5.68. The minimum Gasteiger partial charge on any atom is -0.426 e. The van der Waals surface area contributed by atoms with Gasteiger partial charge in [0.15, 0.2) is 0 Å². The Labute approximate surface area is 156 Å². The fourth-order valence-electron chi connectivity index (χ4n) is 3.43. The summed E-state index contributed by atoms with van der Waals surface area (Å²) in [5.74, 6) is 0.542. The fraction of sp³-hybridized carbons (Fsp3) is 0.375. The zero-order valence-corrected chi connectivity index (χ0v) is 15.7. The van der Waals surface area contributed by atoms with Gasteiger partial charge >= 0.3 is 5.97 Å². The van der Waals surface area contributed by atoms with Crippen LogP contribution in [0.4, 0.5) is 0 Å². The number of benzene rings is 3. The number of hydrogen-bond acceptors (Lipinski definition) is 2.